The van der Waals surface area contributed by atoms with Gasteiger partial charge in [0.1, 0.15) is 7.29 Å². The van der Waals surface area contributed by atoms with Crippen LogP contribution in [0.25, 0.3) is 11.3 Å². The Morgan fingerprint density at radius 2 is 1.96 bits per heavy atom. The van der Waals surface area contributed by atoms with Gasteiger partial charge in [0.25, 0.3) is 0 Å². The van der Waals surface area contributed by atoms with Crippen molar-refractivity contribution in [2.24, 2.45) is 11.3 Å². The van der Waals surface area contributed by atoms with Crippen molar-refractivity contribution in [3.63, 3.8) is 0 Å². The van der Waals surface area contributed by atoms with Crippen molar-refractivity contribution in [1.82, 2.24) is 14.2 Å². The van der Waals surface area contributed by atoms with Crippen LogP contribution in [0.3, 0.4) is 0 Å². The van der Waals surface area contributed by atoms with Gasteiger partial charge >= 0.3 is 0 Å². The Labute approximate surface area is 154 Å². The number of hydrogen-bond acceptors (Lipinski definition) is 3. The fourth-order valence-corrected chi connectivity index (χ4v) is 6.67. The van der Waals surface area contributed by atoms with Gasteiger partial charge in [0.05, 0.1) is 30.4 Å². The molecule has 26 heavy (non-hydrogen) atoms. The zero-order valence-corrected chi connectivity index (χ0v) is 16.3. The van der Waals surface area contributed by atoms with Crippen LogP contribution >= 0.6 is 7.29 Å². The Balaban J connectivity index is 1.39. The average Bonchev–Trinajstić information content (AvgIpc) is 3.20. The zero-order valence-electron chi connectivity index (χ0n) is 15.4. The smallest absolute Gasteiger partial charge is 0.144 e. The molecular weight excluding hydrogens is 345 g/mol. The van der Waals surface area contributed by atoms with Gasteiger partial charge in [-0.2, -0.15) is 0 Å². The molecule has 2 aliphatic heterocycles. The lowest BCUT2D eigenvalue weighted by Gasteiger charge is -2.58. The van der Waals surface area contributed by atoms with E-state index >= 15 is 0 Å². The number of aliphatic hydroxyl groups excluding tert-OH is 1. The molecule has 0 amide bonds. The number of fused-ring (bicyclic) bond motifs is 3. The third-order valence-electron chi connectivity index (χ3n) is 7.02. The minimum atomic E-state index is -2.18. The van der Waals surface area contributed by atoms with Gasteiger partial charge in [0, 0.05) is 37.9 Å². The van der Waals surface area contributed by atoms with E-state index < -0.39 is 7.29 Å². The molecule has 138 valence electrons. The number of imidazole rings is 1. The van der Waals surface area contributed by atoms with Crippen molar-refractivity contribution in [3.8, 4) is 11.3 Å². The van der Waals surface area contributed by atoms with E-state index in [9.17, 15) is 9.67 Å². The lowest BCUT2D eigenvalue weighted by atomic mass is 9.53. The van der Waals surface area contributed by atoms with E-state index in [-0.39, 0.29) is 23.5 Å². The molecule has 1 unspecified atom stereocenters. The van der Waals surface area contributed by atoms with Crippen LogP contribution in [0, 0.1) is 11.3 Å². The van der Waals surface area contributed by atoms with Crippen molar-refractivity contribution >= 4 is 7.29 Å². The molecule has 3 aliphatic rings. The van der Waals surface area contributed by atoms with Crippen molar-refractivity contribution in [1.29, 1.82) is 0 Å². The number of piperidine rings is 1. The SMILES string of the molecule is CP(C)(=O)N1CCC2(CC1)C[C@@H](C1c3ccccc3-c3cncn31)[C@H]2O. The molecule has 1 N–H and O–H groups in total. The molecule has 1 spiro atoms. The minimum absolute atomic E-state index is 0.00855. The lowest BCUT2D eigenvalue weighted by molar-refractivity contribution is -0.152. The maximum absolute atomic E-state index is 12.3. The normalized spacial score (nSPS) is 30.0. The molecule has 2 fully saturated rings. The molecule has 1 saturated heterocycles. The highest BCUT2D eigenvalue weighted by atomic mass is 31.2. The maximum atomic E-state index is 12.3. The Bertz CT molecular complexity index is 894. The molecule has 1 aromatic carbocycles. The molecule has 3 heterocycles. The number of aromatic nitrogens is 2. The minimum Gasteiger partial charge on any atom is -0.392 e. The first kappa shape index (κ1) is 16.7. The monoisotopic (exact) mass is 371 g/mol. The second-order valence-electron chi connectivity index (χ2n) is 8.64. The third kappa shape index (κ3) is 2.24. The summed E-state index contributed by atoms with van der Waals surface area (Å²) in [5.74, 6) is 0.230. The number of aliphatic hydroxyl groups is 1. The van der Waals surface area contributed by atoms with Crippen molar-refractivity contribution in [2.75, 3.05) is 26.4 Å². The number of rotatable bonds is 2. The van der Waals surface area contributed by atoms with Gasteiger partial charge in [-0.05, 0) is 30.2 Å². The fraction of sp³-hybridized carbons (Fsp3) is 0.550. The molecule has 0 bridgehead atoms. The highest BCUT2D eigenvalue weighted by Gasteiger charge is 2.58. The van der Waals surface area contributed by atoms with E-state index in [4.69, 9.17) is 0 Å². The fourth-order valence-electron chi connectivity index (χ4n) is 5.51. The van der Waals surface area contributed by atoms with E-state index in [1.807, 2.05) is 25.9 Å². The van der Waals surface area contributed by atoms with Crippen molar-refractivity contribution in [2.45, 2.75) is 31.4 Å². The topological polar surface area (TPSA) is 58.4 Å². The van der Waals surface area contributed by atoms with Crippen LogP contribution < -0.4 is 0 Å². The molecule has 1 saturated carbocycles. The summed E-state index contributed by atoms with van der Waals surface area (Å²) in [4.78, 5) is 4.34. The molecule has 5 rings (SSSR count). The number of benzene rings is 1. The summed E-state index contributed by atoms with van der Waals surface area (Å²) in [5, 5.41) is 11.2. The first-order chi connectivity index (χ1) is 12.4. The summed E-state index contributed by atoms with van der Waals surface area (Å²) in [6.07, 6.45) is 6.46. The molecule has 2 aromatic rings. The second kappa shape index (κ2) is 5.54. The Morgan fingerprint density at radius 1 is 1.23 bits per heavy atom. The van der Waals surface area contributed by atoms with Crippen LogP contribution in [0.5, 0.6) is 0 Å². The summed E-state index contributed by atoms with van der Waals surface area (Å²) in [6, 6.07) is 8.69. The predicted molar refractivity (Wildman–Crippen MR) is 103 cm³/mol. The van der Waals surface area contributed by atoms with Crippen LogP contribution in [-0.2, 0) is 4.57 Å². The van der Waals surface area contributed by atoms with Crippen LogP contribution in [0.1, 0.15) is 30.9 Å². The summed E-state index contributed by atoms with van der Waals surface area (Å²) in [6.45, 7) is 5.37. The van der Waals surface area contributed by atoms with Crippen LogP contribution in [-0.4, -0.2) is 51.9 Å². The summed E-state index contributed by atoms with van der Waals surface area (Å²) in [5.41, 5.74) is 3.73. The highest BCUT2D eigenvalue weighted by Crippen LogP contribution is 2.61. The summed E-state index contributed by atoms with van der Waals surface area (Å²) >= 11 is 0. The van der Waals surface area contributed by atoms with Crippen molar-refractivity contribution < 1.29 is 9.67 Å². The lowest BCUT2D eigenvalue weighted by Crippen LogP contribution is -2.59. The van der Waals surface area contributed by atoms with Crippen LogP contribution in [0.4, 0.5) is 0 Å². The van der Waals surface area contributed by atoms with E-state index in [1.165, 1.54) is 11.1 Å². The van der Waals surface area contributed by atoms with E-state index in [0.717, 1.165) is 38.0 Å². The molecular formula is C20H26N3O2P. The average molecular weight is 371 g/mol. The molecule has 5 nitrogen and oxygen atoms in total. The van der Waals surface area contributed by atoms with Crippen molar-refractivity contribution in [3.05, 3.63) is 42.4 Å². The molecule has 6 heteroatoms. The predicted octanol–water partition coefficient (Wildman–Crippen LogP) is 3.45. The second-order valence-corrected chi connectivity index (χ2v) is 11.8. The highest BCUT2D eigenvalue weighted by molar-refractivity contribution is 7.59. The molecule has 1 aliphatic carbocycles. The van der Waals surface area contributed by atoms with Crippen LogP contribution in [0.15, 0.2) is 36.8 Å². The Kier molecular flexibility index (Phi) is 3.57. The quantitative estimate of drug-likeness (QED) is 0.822. The van der Waals surface area contributed by atoms with Gasteiger partial charge in [-0.1, -0.05) is 24.3 Å². The van der Waals surface area contributed by atoms with E-state index in [2.05, 4.69) is 38.5 Å². The number of hydrogen-bond donors (Lipinski definition) is 1. The van der Waals surface area contributed by atoms with Gasteiger partial charge in [-0.25, -0.2) is 4.98 Å². The largest absolute Gasteiger partial charge is 0.392 e. The Hall–Kier alpha value is -1.42. The standard InChI is InChI=1S/C20H26N3O2P/c1-26(2,25)22-9-7-20(8-10-22)11-16(19(20)24)18-15-6-4-3-5-14(15)17-12-21-13-23(17)18/h3-6,12-13,16,18-19,24H,7-11H2,1-2H3/t16-,18?,19+/m0/s1. The summed E-state index contributed by atoms with van der Waals surface area (Å²) < 4.78 is 16.7. The first-order valence-electron chi connectivity index (χ1n) is 9.50. The van der Waals surface area contributed by atoms with Gasteiger partial charge < -0.3 is 14.2 Å². The number of nitrogens with zero attached hydrogens (tertiary/aromatic N) is 3. The zero-order chi connectivity index (χ0) is 18.1. The Morgan fingerprint density at radius 3 is 2.65 bits per heavy atom. The third-order valence-corrected chi connectivity index (χ3v) is 8.78. The van der Waals surface area contributed by atoms with Gasteiger partial charge in [0.2, 0.25) is 0 Å². The molecule has 3 atom stereocenters. The van der Waals surface area contributed by atoms with Crippen LogP contribution in [0.2, 0.25) is 0 Å². The van der Waals surface area contributed by atoms with Gasteiger partial charge in [-0.15, -0.1) is 0 Å². The molecule has 0 radical (unpaired) electrons. The van der Waals surface area contributed by atoms with E-state index in [1.54, 1.807) is 0 Å². The summed E-state index contributed by atoms with van der Waals surface area (Å²) in [7, 11) is -2.18. The maximum Gasteiger partial charge on any atom is 0.144 e. The molecule has 1 aromatic heterocycles. The van der Waals surface area contributed by atoms with Gasteiger partial charge in [-0.3, -0.25) is 4.67 Å². The van der Waals surface area contributed by atoms with E-state index in [0.29, 0.717) is 0 Å². The first-order valence-corrected chi connectivity index (χ1v) is 12.1. The van der Waals surface area contributed by atoms with Gasteiger partial charge in [0.15, 0.2) is 0 Å².